The molecule has 0 saturated carbocycles. The molecule has 1 fully saturated rings. The summed E-state index contributed by atoms with van der Waals surface area (Å²) in [5, 5.41) is 17.8. The number of nitrogens with zero attached hydrogens (tertiary/aromatic N) is 5. The first-order valence-electron chi connectivity index (χ1n) is 14.8. The Morgan fingerprint density at radius 2 is 1.82 bits per heavy atom. The largest absolute Gasteiger partial charge is 0.382 e. The van der Waals surface area contributed by atoms with E-state index in [9.17, 15) is 4.79 Å². The molecule has 1 aliphatic rings. The van der Waals surface area contributed by atoms with Crippen LogP contribution in [0, 0.1) is 12.7 Å². The standard InChI is InChI=1S/C34H34FN7O2/c1-19-25(6-5-7-29(19)42-33(43)30-21(16-38-42)12-23(15-28(30)35)34(2,3)4)20-13-26(31-27(14-20)32(36)40-39-31)22-17-37-41(18-22)24-8-10-44-11-9-24/h5-7,12-18,24H,8-11H2,1-4H3,(H3,36,39,40). The van der Waals surface area contributed by atoms with Gasteiger partial charge in [-0.1, -0.05) is 32.9 Å². The molecule has 6 aromatic rings. The Balaban J connectivity index is 1.35. The zero-order valence-electron chi connectivity index (χ0n) is 25.2. The van der Waals surface area contributed by atoms with E-state index in [1.54, 1.807) is 6.20 Å². The highest BCUT2D eigenvalue weighted by Gasteiger charge is 2.22. The molecule has 0 bridgehead atoms. The Hall–Kier alpha value is -4.83. The van der Waals surface area contributed by atoms with Gasteiger partial charge < -0.3 is 10.5 Å². The monoisotopic (exact) mass is 591 g/mol. The number of aromatic nitrogens is 6. The Morgan fingerprint density at radius 3 is 2.59 bits per heavy atom. The van der Waals surface area contributed by atoms with Crippen LogP contribution in [0.3, 0.4) is 0 Å². The maximum atomic E-state index is 15.4. The molecule has 224 valence electrons. The SMILES string of the molecule is Cc1c(-c2cc(-c3cnn(C4CCOCC4)c3)c3[nH]nc(N)c3c2)cccc1-n1ncc2cc(C(C)(C)C)cc(F)c2c1=O. The number of fused-ring (bicyclic) bond motifs is 2. The molecule has 0 radical (unpaired) electrons. The molecule has 1 aliphatic heterocycles. The van der Waals surface area contributed by atoms with Gasteiger partial charge in [-0.3, -0.25) is 14.6 Å². The molecular formula is C34H34FN7O2. The van der Waals surface area contributed by atoms with E-state index in [2.05, 4.69) is 32.7 Å². The number of H-pyrrole nitrogens is 1. The molecular weight excluding hydrogens is 557 g/mol. The third-order valence-electron chi connectivity index (χ3n) is 8.73. The van der Waals surface area contributed by atoms with Crippen LogP contribution in [-0.4, -0.2) is 43.0 Å². The van der Waals surface area contributed by atoms with Crippen molar-refractivity contribution in [3.05, 3.63) is 88.4 Å². The minimum Gasteiger partial charge on any atom is -0.382 e. The summed E-state index contributed by atoms with van der Waals surface area (Å²) in [5.41, 5.74) is 12.2. The second-order valence-electron chi connectivity index (χ2n) is 12.6. The van der Waals surface area contributed by atoms with Crippen LogP contribution in [0.4, 0.5) is 10.2 Å². The molecule has 3 aromatic carbocycles. The van der Waals surface area contributed by atoms with Crippen molar-refractivity contribution in [2.75, 3.05) is 18.9 Å². The predicted molar refractivity (Wildman–Crippen MR) is 171 cm³/mol. The van der Waals surface area contributed by atoms with Crippen molar-refractivity contribution in [2.24, 2.45) is 0 Å². The summed E-state index contributed by atoms with van der Waals surface area (Å²) in [6, 6.07) is 13.4. The lowest BCUT2D eigenvalue weighted by Crippen LogP contribution is -2.23. The third-order valence-corrected chi connectivity index (χ3v) is 8.73. The fourth-order valence-electron chi connectivity index (χ4n) is 6.15. The summed E-state index contributed by atoms with van der Waals surface area (Å²) in [4.78, 5) is 13.7. The van der Waals surface area contributed by atoms with Crippen LogP contribution in [0.5, 0.6) is 0 Å². The van der Waals surface area contributed by atoms with E-state index in [-0.39, 0.29) is 10.8 Å². The maximum Gasteiger partial charge on any atom is 0.282 e. The minimum atomic E-state index is -0.547. The molecule has 9 nitrogen and oxygen atoms in total. The molecule has 0 aliphatic carbocycles. The maximum absolute atomic E-state index is 15.4. The lowest BCUT2D eigenvalue weighted by atomic mass is 9.86. The second-order valence-corrected chi connectivity index (χ2v) is 12.6. The molecule has 0 amide bonds. The molecule has 3 aromatic heterocycles. The molecule has 0 atom stereocenters. The highest BCUT2D eigenvalue weighted by Crippen LogP contribution is 2.38. The Kier molecular flexibility index (Phi) is 6.62. The van der Waals surface area contributed by atoms with Crippen LogP contribution in [-0.2, 0) is 10.2 Å². The minimum absolute atomic E-state index is 0.0224. The number of halogens is 1. The topological polar surface area (TPSA) is 117 Å². The van der Waals surface area contributed by atoms with Gasteiger partial charge in [0.25, 0.3) is 5.56 Å². The second kappa shape index (κ2) is 10.4. The van der Waals surface area contributed by atoms with Crippen LogP contribution in [0.15, 0.2) is 65.8 Å². The average Bonchev–Trinajstić information content (AvgIpc) is 3.65. The quantitative estimate of drug-likeness (QED) is 0.243. The molecule has 4 heterocycles. The number of benzene rings is 3. The summed E-state index contributed by atoms with van der Waals surface area (Å²) in [6.45, 7) is 9.42. The number of anilines is 1. The fourth-order valence-corrected chi connectivity index (χ4v) is 6.15. The van der Waals surface area contributed by atoms with Crippen LogP contribution in [0.2, 0.25) is 0 Å². The number of aromatic amines is 1. The van der Waals surface area contributed by atoms with E-state index >= 15 is 4.39 Å². The van der Waals surface area contributed by atoms with Gasteiger partial charge in [0.1, 0.15) is 5.82 Å². The Bertz CT molecular complexity index is 2110. The predicted octanol–water partition coefficient (Wildman–Crippen LogP) is 6.47. The van der Waals surface area contributed by atoms with Crippen LogP contribution in [0.25, 0.3) is 49.6 Å². The normalized spacial score (nSPS) is 14.6. The summed E-state index contributed by atoms with van der Waals surface area (Å²) >= 11 is 0. The fraction of sp³-hybridized carbons (Fsp3) is 0.294. The molecule has 3 N–H and O–H groups in total. The van der Waals surface area contributed by atoms with Crippen molar-refractivity contribution in [1.82, 2.24) is 29.8 Å². The first kappa shape index (κ1) is 28.0. The molecule has 0 spiro atoms. The summed E-state index contributed by atoms with van der Waals surface area (Å²) < 4.78 is 24.2. The summed E-state index contributed by atoms with van der Waals surface area (Å²) in [5.74, 6) is -0.152. The van der Waals surface area contributed by atoms with Gasteiger partial charge in [0, 0.05) is 41.3 Å². The zero-order valence-corrected chi connectivity index (χ0v) is 25.2. The summed E-state index contributed by atoms with van der Waals surface area (Å²) in [7, 11) is 0. The lowest BCUT2D eigenvalue weighted by Gasteiger charge is -2.22. The van der Waals surface area contributed by atoms with Gasteiger partial charge in [-0.2, -0.15) is 20.0 Å². The van der Waals surface area contributed by atoms with Gasteiger partial charge in [0.05, 0.1) is 35.0 Å². The number of ether oxygens (including phenoxy) is 1. The van der Waals surface area contributed by atoms with Gasteiger partial charge in [-0.15, -0.1) is 0 Å². The molecule has 0 unspecified atom stereocenters. The number of hydrogen-bond acceptors (Lipinski definition) is 6. The van der Waals surface area contributed by atoms with Gasteiger partial charge >= 0.3 is 0 Å². The van der Waals surface area contributed by atoms with Crippen LogP contribution >= 0.6 is 0 Å². The van der Waals surface area contributed by atoms with Crippen molar-refractivity contribution >= 4 is 27.5 Å². The average molecular weight is 592 g/mol. The summed E-state index contributed by atoms with van der Waals surface area (Å²) in [6.07, 6.45) is 7.33. The first-order chi connectivity index (χ1) is 21.1. The highest BCUT2D eigenvalue weighted by atomic mass is 19.1. The van der Waals surface area contributed by atoms with Crippen molar-refractivity contribution in [1.29, 1.82) is 0 Å². The first-order valence-corrected chi connectivity index (χ1v) is 14.8. The van der Waals surface area contributed by atoms with Crippen LogP contribution < -0.4 is 11.3 Å². The smallest absolute Gasteiger partial charge is 0.282 e. The molecule has 10 heteroatoms. The van der Waals surface area contributed by atoms with E-state index in [1.165, 1.54) is 10.7 Å². The highest BCUT2D eigenvalue weighted by molar-refractivity contribution is 6.02. The van der Waals surface area contributed by atoms with Gasteiger partial charge in [0.15, 0.2) is 5.82 Å². The van der Waals surface area contributed by atoms with Crippen molar-refractivity contribution in [3.8, 4) is 27.9 Å². The van der Waals surface area contributed by atoms with Crippen molar-refractivity contribution in [3.63, 3.8) is 0 Å². The molecule has 1 saturated heterocycles. The number of rotatable bonds is 4. The number of nitrogens with two attached hydrogens (primary N) is 1. The zero-order chi connectivity index (χ0) is 30.7. The van der Waals surface area contributed by atoms with E-state index in [0.29, 0.717) is 22.9 Å². The number of nitrogens with one attached hydrogen (secondary N) is 1. The lowest BCUT2D eigenvalue weighted by molar-refractivity contribution is 0.0662. The Morgan fingerprint density at radius 1 is 1.02 bits per heavy atom. The number of nitrogen functional groups attached to an aromatic ring is 1. The molecule has 7 rings (SSSR count). The van der Waals surface area contributed by atoms with Gasteiger partial charge in [0.2, 0.25) is 0 Å². The van der Waals surface area contributed by atoms with E-state index < -0.39 is 11.4 Å². The molecule has 44 heavy (non-hydrogen) atoms. The van der Waals surface area contributed by atoms with Crippen molar-refractivity contribution in [2.45, 2.75) is 52.0 Å². The number of hydrogen-bond donors (Lipinski definition) is 2. The van der Waals surface area contributed by atoms with E-state index in [0.717, 1.165) is 70.3 Å². The van der Waals surface area contributed by atoms with Gasteiger partial charge in [-0.05, 0) is 77.8 Å². The Labute approximate surface area is 253 Å². The van der Waals surface area contributed by atoms with E-state index in [4.69, 9.17) is 10.5 Å². The van der Waals surface area contributed by atoms with Crippen LogP contribution in [0.1, 0.15) is 50.8 Å². The van der Waals surface area contributed by atoms with Gasteiger partial charge in [-0.25, -0.2) is 4.39 Å². The van der Waals surface area contributed by atoms with Crippen molar-refractivity contribution < 1.29 is 9.13 Å². The van der Waals surface area contributed by atoms with E-state index in [1.807, 2.05) is 68.9 Å². The third kappa shape index (κ3) is 4.66.